The number of pyridine rings is 1. The second-order valence-corrected chi connectivity index (χ2v) is 7.44. The van der Waals surface area contributed by atoms with Gasteiger partial charge in [0.2, 0.25) is 0 Å². The topological polar surface area (TPSA) is 43.6 Å². The van der Waals surface area contributed by atoms with Crippen LogP contribution in [0.1, 0.15) is 5.56 Å². The summed E-state index contributed by atoms with van der Waals surface area (Å²) in [6.07, 6.45) is 1.75. The molecule has 0 atom stereocenters. The lowest BCUT2D eigenvalue weighted by atomic mass is 10.2. The molecule has 4 nitrogen and oxygen atoms in total. The van der Waals surface area contributed by atoms with Gasteiger partial charge in [-0.2, -0.15) is 0 Å². The second kappa shape index (κ2) is 8.13. The molecular formula is C20H14Cl2N4S. The Morgan fingerprint density at radius 1 is 0.815 bits per heavy atom. The SMILES string of the molecule is Clc1cccc(Cl)c1CSc1nnc(-c2ccccn2)n1-c1ccccc1. The van der Waals surface area contributed by atoms with Gasteiger partial charge >= 0.3 is 0 Å². The second-order valence-electron chi connectivity index (χ2n) is 5.68. The molecule has 27 heavy (non-hydrogen) atoms. The molecule has 2 heterocycles. The molecule has 2 aromatic heterocycles. The molecule has 0 amide bonds. The molecule has 0 N–H and O–H groups in total. The van der Waals surface area contributed by atoms with Gasteiger partial charge in [0.1, 0.15) is 5.69 Å². The van der Waals surface area contributed by atoms with Crippen molar-refractivity contribution in [2.24, 2.45) is 0 Å². The summed E-state index contributed by atoms with van der Waals surface area (Å²) in [6, 6.07) is 21.2. The maximum Gasteiger partial charge on any atom is 0.196 e. The van der Waals surface area contributed by atoms with E-state index in [1.165, 1.54) is 11.8 Å². The highest BCUT2D eigenvalue weighted by Crippen LogP contribution is 2.33. The number of hydrogen-bond acceptors (Lipinski definition) is 4. The largest absolute Gasteiger partial charge is 0.269 e. The van der Waals surface area contributed by atoms with Crippen molar-refractivity contribution >= 4 is 35.0 Å². The highest BCUT2D eigenvalue weighted by molar-refractivity contribution is 7.98. The van der Waals surface area contributed by atoms with E-state index in [0.29, 0.717) is 21.6 Å². The summed E-state index contributed by atoms with van der Waals surface area (Å²) in [6.45, 7) is 0. The Labute approximate surface area is 171 Å². The van der Waals surface area contributed by atoms with Crippen molar-refractivity contribution in [1.82, 2.24) is 19.7 Å². The summed E-state index contributed by atoms with van der Waals surface area (Å²) in [4.78, 5) is 4.42. The molecule has 0 spiro atoms. The van der Waals surface area contributed by atoms with Gasteiger partial charge in [-0.3, -0.25) is 9.55 Å². The Hall–Kier alpha value is -2.34. The molecule has 7 heteroatoms. The third-order valence-electron chi connectivity index (χ3n) is 3.95. The predicted molar refractivity (Wildman–Crippen MR) is 111 cm³/mol. The van der Waals surface area contributed by atoms with Gasteiger partial charge in [-0.05, 0) is 42.0 Å². The van der Waals surface area contributed by atoms with E-state index in [1.54, 1.807) is 6.20 Å². The number of para-hydroxylation sites is 1. The molecule has 0 bridgehead atoms. The van der Waals surface area contributed by atoms with E-state index in [4.69, 9.17) is 23.2 Å². The molecular weight excluding hydrogens is 399 g/mol. The molecule has 0 unspecified atom stereocenters. The summed E-state index contributed by atoms with van der Waals surface area (Å²) >= 11 is 14.1. The number of aromatic nitrogens is 4. The highest BCUT2D eigenvalue weighted by Gasteiger charge is 2.17. The number of rotatable bonds is 5. The molecule has 0 radical (unpaired) electrons. The number of hydrogen-bond donors (Lipinski definition) is 0. The standard InChI is InChI=1S/C20H14Cl2N4S/c21-16-9-6-10-17(22)15(16)13-27-20-25-24-19(18-11-4-5-12-23-18)26(20)14-7-2-1-3-8-14/h1-12H,13H2. The lowest BCUT2D eigenvalue weighted by molar-refractivity contribution is 0.885. The van der Waals surface area contributed by atoms with Gasteiger partial charge in [0.25, 0.3) is 0 Å². The molecule has 4 rings (SSSR count). The van der Waals surface area contributed by atoms with Crippen molar-refractivity contribution in [2.75, 3.05) is 0 Å². The van der Waals surface area contributed by atoms with Crippen LogP contribution in [0.2, 0.25) is 10.0 Å². The normalized spacial score (nSPS) is 10.9. The van der Waals surface area contributed by atoms with Crippen LogP contribution in [-0.2, 0) is 5.75 Å². The average molecular weight is 413 g/mol. The van der Waals surface area contributed by atoms with Gasteiger partial charge in [0.15, 0.2) is 11.0 Å². The van der Waals surface area contributed by atoms with E-state index < -0.39 is 0 Å². The molecule has 0 aliphatic heterocycles. The van der Waals surface area contributed by atoms with E-state index in [0.717, 1.165) is 22.1 Å². The fourth-order valence-corrected chi connectivity index (χ4v) is 4.33. The van der Waals surface area contributed by atoms with Crippen LogP contribution < -0.4 is 0 Å². The Morgan fingerprint density at radius 2 is 1.56 bits per heavy atom. The number of nitrogens with zero attached hydrogens (tertiary/aromatic N) is 4. The van der Waals surface area contributed by atoms with Crippen LogP contribution in [0.4, 0.5) is 0 Å². The van der Waals surface area contributed by atoms with Gasteiger partial charge in [-0.1, -0.05) is 65.3 Å². The van der Waals surface area contributed by atoms with Crippen molar-refractivity contribution in [2.45, 2.75) is 10.9 Å². The minimum atomic E-state index is 0.589. The molecule has 0 aliphatic carbocycles. The van der Waals surface area contributed by atoms with Crippen LogP contribution in [0.25, 0.3) is 17.2 Å². The summed E-state index contributed by atoms with van der Waals surface area (Å²) in [5.41, 5.74) is 2.61. The van der Waals surface area contributed by atoms with Crippen molar-refractivity contribution < 1.29 is 0 Å². The fraction of sp³-hybridized carbons (Fsp3) is 0.0500. The van der Waals surface area contributed by atoms with Crippen LogP contribution in [0.3, 0.4) is 0 Å². The van der Waals surface area contributed by atoms with Crippen LogP contribution in [0.5, 0.6) is 0 Å². The van der Waals surface area contributed by atoms with Gasteiger partial charge in [-0.15, -0.1) is 10.2 Å². The Bertz CT molecular complexity index is 1030. The van der Waals surface area contributed by atoms with Gasteiger partial charge in [0, 0.05) is 27.7 Å². The zero-order valence-corrected chi connectivity index (χ0v) is 16.4. The first-order valence-corrected chi connectivity index (χ1v) is 9.96. The monoisotopic (exact) mass is 412 g/mol. The van der Waals surface area contributed by atoms with E-state index in [-0.39, 0.29) is 0 Å². The van der Waals surface area contributed by atoms with Crippen molar-refractivity contribution in [3.8, 4) is 17.2 Å². The smallest absolute Gasteiger partial charge is 0.196 e. The van der Waals surface area contributed by atoms with Crippen LogP contribution in [-0.4, -0.2) is 19.7 Å². The summed E-state index contributed by atoms with van der Waals surface area (Å²) in [7, 11) is 0. The van der Waals surface area contributed by atoms with Gasteiger partial charge in [0.05, 0.1) is 0 Å². The highest BCUT2D eigenvalue weighted by atomic mass is 35.5. The predicted octanol–water partition coefficient (Wildman–Crippen LogP) is 5.93. The minimum Gasteiger partial charge on any atom is -0.269 e. The number of thioether (sulfide) groups is 1. The van der Waals surface area contributed by atoms with Crippen molar-refractivity contribution in [1.29, 1.82) is 0 Å². The van der Waals surface area contributed by atoms with Crippen molar-refractivity contribution in [3.63, 3.8) is 0 Å². The quantitative estimate of drug-likeness (QED) is 0.381. The first-order chi connectivity index (χ1) is 13.2. The Morgan fingerprint density at radius 3 is 2.26 bits per heavy atom. The zero-order chi connectivity index (χ0) is 18.6. The first-order valence-electron chi connectivity index (χ1n) is 8.22. The minimum absolute atomic E-state index is 0.589. The van der Waals surface area contributed by atoms with E-state index in [1.807, 2.05) is 71.3 Å². The average Bonchev–Trinajstić information content (AvgIpc) is 3.13. The molecule has 4 aromatic rings. The molecule has 0 fully saturated rings. The lowest BCUT2D eigenvalue weighted by Crippen LogP contribution is -2.00. The lowest BCUT2D eigenvalue weighted by Gasteiger charge is -2.11. The number of benzene rings is 2. The Balaban J connectivity index is 1.74. The van der Waals surface area contributed by atoms with Gasteiger partial charge < -0.3 is 0 Å². The summed E-state index contributed by atoms with van der Waals surface area (Å²) in [5, 5.41) is 10.8. The van der Waals surface area contributed by atoms with Crippen LogP contribution in [0.15, 0.2) is 78.1 Å². The molecule has 0 saturated heterocycles. The number of halogens is 2. The van der Waals surface area contributed by atoms with Crippen molar-refractivity contribution in [3.05, 3.63) is 88.5 Å². The van der Waals surface area contributed by atoms with Crippen LogP contribution >= 0.6 is 35.0 Å². The third-order valence-corrected chi connectivity index (χ3v) is 5.61. The molecule has 134 valence electrons. The third kappa shape index (κ3) is 3.86. The maximum absolute atomic E-state index is 6.30. The molecule has 0 aliphatic rings. The van der Waals surface area contributed by atoms with E-state index in [2.05, 4.69) is 15.2 Å². The first kappa shape index (κ1) is 18.0. The maximum atomic E-state index is 6.30. The fourth-order valence-electron chi connectivity index (χ4n) is 2.64. The summed E-state index contributed by atoms with van der Waals surface area (Å²) < 4.78 is 2.00. The van der Waals surface area contributed by atoms with Crippen LogP contribution in [0, 0.1) is 0 Å². The van der Waals surface area contributed by atoms with E-state index >= 15 is 0 Å². The summed E-state index contributed by atoms with van der Waals surface area (Å²) in [5.74, 6) is 1.28. The molecule has 2 aromatic carbocycles. The zero-order valence-electron chi connectivity index (χ0n) is 14.1. The Kier molecular flexibility index (Phi) is 5.43. The van der Waals surface area contributed by atoms with Gasteiger partial charge in [-0.25, -0.2) is 0 Å². The molecule has 0 saturated carbocycles. The van der Waals surface area contributed by atoms with E-state index in [9.17, 15) is 0 Å².